The molecule has 0 aliphatic carbocycles. The third-order valence-electron chi connectivity index (χ3n) is 4.21. The van der Waals surface area contributed by atoms with E-state index in [9.17, 15) is 9.59 Å². The topological polar surface area (TPSA) is 94.5 Å². The third-order valence-corrected chi connectivity index (χ3v) is 4.21. The zero-order valence-electron chi connectivity index (χ0n) is 16.2. The Morgan fingerprint density at radius 1 is 0.931 bits per heavy atom. The van der Waals surface area contributed by atoms with Gasteiger partial charge in [0.05, 0.1) is 26.5 Å². The van der Waals surface area contributed by atoms with Crippen molar-refractivity contribution in [2.24, 2.45) is 0 Å². The average Bonchev–Trinajstić information content (AvgIpc) is 2.75. The second-order valence-corrected chi connectivity index (χ2v) is 6.12. The molecule has 8 heteroatoms. The zero-order valence-corrected chi connectivity index (χ0v) is 16.2. The second kappa shape index (κ2) is 9.41. The number of nitrogens with one attached hydrogen (secondary N) is 2. The number of benzene rings is 2. The summed E-state index contributed by atoms with van der Waals surface area (Å²) in [5, 5.41) is 9.80. The maximum Gasteiger partial charge on any atom is 0.319 e. The number of ether oxygens (including phenoxy) is 2. The Kier molecular flexibility index (Phi) is 6.47. The molecule has 3 aromatic rings. The molecule has 0 saturated heterocycles. The summed E-state index contributed by atoms with van der Waals surface area (Å²) in [6.07, 6.45) is 0. The highest BCUT2D eigenvalue weighted by Crippen LogP contribution is 2.19. The molecule has 0 atom stereocenters. The summed E-state index contributed by atoms with van der Waals surface area (Å²) >= 11 is 0. The summed E-state index contributed by atoms with van der Waals surface area (Å²) in [6.45, 7) is 0.500. The van der Waals surface area contributed by atoms with Crippen LogP contribution in [0.25, 0.3) is 11.3 Å². The molecule has 0 aliphatic rings. The number of nitrogens with zero attached hydrogens (tertiary/aromatic N) is 2. The fourth-order valence-corrected chi connectivity index (χ4v) is 2.65. The van der Waals surface area contributed by atoms with Gasteiger partial charge in [-0.3, -0.25) is 4.79 Å². The normalized spacial score (nSPS) is 10.3. The lowest BCUT2D eigenvalue weighted by atomic mass is 10.1. The van der Waals surface area contributed by atoms with Gasteiger partial charge in [0, 0.05) is 23.9 Å². The third kappa shape index (κ3) is 5.35. The van der Waals surface area contributed by atoms with Crippen molar-refractivity contribution in [2.75, 3.05) is 26.1 Å². The molecule has 0 unspecified atom stereocenters. The van der Waals surface area contributed by atoms with E-state index in [1.807, 2.05) is 24.3 Å². The van der Waals surface area contributed by atoms with E-state index in [1.165, 1.54) is 10.7 Å². The van der Waals surface area contributed by atoms with Crippen molar-refractivity contribution >= 4 is 11.7 Å². The average molecular weight is 394 g/mol. The molecule has 0 saturated carbocycles. The standard InChI is InChI=1S/C21H22N4O4/c1-28-17-7-3-15(4-8-17)19-11-12-20(26)25(24-19)14-13-22-21(27)23-16-5-9-18(29-2)10-6-16/h3-12H,13-14H2,1-2H3,(H2,22,23,27). The van der Waals surface area contributed by atoms with Crippen molar-refractivity contribution < 1.29 is 14.3 Å². The van der Waals surface area contributed by atoms with Crippen LogP contribution in [0.2, 0.25) is 0 Å². The van der Waals surface area contributed by atoms with Crippen LogP contribution < -0.4 is 25.7 Å². The highest BCUT2D eigenvalue weighted by atomic mass is 16.5. The van der Waals surface area contributed by atoms with Crippen LogP contribution in [0.3, 0.4) is 0 Å². The van der Waals surface area contributed by atoms with Crippen LogP contribution in [-0.4, -0.2) is 36.6 Å². The van der Waals surface area contributed by atoms with E-state index in [4.69, 9.17) is 9.47 Å². The van der Waals surface area contributed by atoms with Crippen molar-refractivity contribution in [1.82, 2.24) is 15.1 Å². The predicted molar refractivity (Wildman–Crippen MR) is 111 cm³/mol. The van der Waals surface area contributed by atoms with Gasteiger partial charge in [0.15, 0.2) is 0 Å². The zero-order chi connectivity index (χ0) is 20.6. The van der Waals surface area contributed by atoms with Crippen LogP contribution in [0.15, 0.2) is 65.5 Å². The Morgan fingerprint density at radius 3 is 2.17 bits per heavy atom. The van der Waals surface area contributed by atoms with Crippen molar-refractivity contribution in [1.29, 1.82) is 0 Å². The number of carbonyl (C=O) groups is 1. The molecular formula is C21H22N4O4. The van der Waals surface area contributed by atoms with Gasteiger partial charge in [0.1, 0.15) is 11.5 Å². The van der Waals surface area contributed by atoms with Gasteiger partial charge in [0.25, 0.3) is 5.56 Å². The Morgan fingerprint density at radius 2 is 1.55 bits per heavy atom. The molecule has 1 aromatic heterocycles. The molecule has 29 heavy (non-hydrogen) atoms. The summed E-state index contributed by atoms with van der Waals surface area (Å²) in [6, 6.07) is 17.2. The number of hydrogen-bond acceptors (Lipinski definition) is 5. The van der Waals surface area contributed by atoms with Crippen LogP contribution in [-0.2, 0) is 6.54 Å². The number of carbonyl (C=O) groups excluding carboxylic acids is 1. The molecule has 2 amide bonds. The molecule has 8 nitrogen and oxygen atoms in total. The monoisotopic (exact) mass is 394 g/mol. The van der Waals surface area contributed by atoms with E-state index in [0.717, 1.165) is 11.3 Å². The molecule has 0 bridgehead atoms. The molecule has 0 spiro atoms. The number of methoxy groups -OCH3 is 2. The molecule has 1 heterocycles. The number of amides is 2. The van der Waals surface area contributed by atoms with Gasteiger partial charge >= 0.3 is 6.03 Å². The fourth-order valence-electron chi connectivity index (χ4n) is 2.65. The van der Waals surface area contributed by atoms with Crippen LogP contribution >= 0.6 is 0 Å². The highest BCUT2D eigenvalue weighted by molar-refractivity contribution is 5.89. The van der Waals surface area contributed by atoms with E-state index < -0.39 is 0 Å². The summed E-state index contributed by atoms with van der Waals surface area (Å²) in [5.41, 5.74) is 1.93. The Bertz CT molecular complexity index is 1010. The number of aromatic nitrogens is 2. The highest BCUT2D eigenvalue weighted by Gasteiger charge is 2.06. The SMILES string of the molecule is COc1ccc(NC(=O)NCCn2nc(-c3ccc(OC)cc3)ccc2=O)cc1. The molecule has 2 N–H and O–H groups in total. The van der Waals surface area contributed by atoms with Crippen molar-refractivity contribution in [3.63, 3.8) is 0 Å². The Hall–Kier alpha value is -3.81. The summed E-state index contributed by atoms with van der Waals surface area (Å²) < 4.78 is 11.6. The maximum atomic E-state index is 12.1. The lowest BCUT2D eigenvalue weighted by Gasteiger charge is -2.10. The first kappa shape index (κ1) is 19.9. The van der Waals surface area contributed by atoms with Crippen LogP contribution in [0.5, 0.6) is 11.5 Å². The molecule has 0 aliphatic heterocycles. The predicted octanol–water partition coefficient (Wildman–Crippen LogP) is 2.75. The van der Waals surface area contributed by atoms with Gasteiger partial charge in [-0.15, -0.1) is 0 Å². The minimum Gasteiger partial charge on any atom is -0.497 e. The first-order valence-electron chi connectivity index (χ1n) is 9.00. The van der Waals surface area contributed by atoms with Gasteiger partial charge in [-0.2, -0.15) is 5.10 Å². The molecule has 150 valence electrons. The molecule has 0 fully saturated rings. The summed E-state index contributed by atoms with van der Waals surface area (Å²) in [4.78, 5) is 24.1. The lowest BCUT2D eigenvalue weighted by Crippen LogP contribution is -2.34. The minimum atomic E-state index is -0.366. The minimum absolute atomic E-state index is 0.236. The van der Waals surface area contributed by atoms with Gasteiger partial charge in [-0.1, -0.05) is 0 Å². The first-order chi connectivity index (χ1) is 14.1. The second-order valence-electron chi connectivity index (χ2n) is 6.12. The molecular weight excluding hydrogens is 372 g/mol. The molecule has 0 radical (unpaired) electrons. The fraction of sp³-hybridized carbons (Fsp3) is 0.190. The number of rotatable bonds is 7. The van der Waals surface area contributed by atoms with Crippen LogP contribution in [0.4, 0.5) is 10.5 Å². The first-order valence-corrected chi connectivity index (χ1v) is 9.00. The molecule has 2 aromatic carbocycles. The van der Waals surface area contributed by atoms with Crippen molar-refractivity contribution in [2.45, 2.75) is 6.54 Å². The largest absolute Gasteiger partial charge is 0.497 e. The smallest absolute Gasteiger partial charge is 0.319 e. The van der Waals surface area contributed by atoms with Crippen molar-refractivity contribution in [3.8, 4) is 22.8 Å². The summed E-state index contributed by atoms with van der Waals surface area (Å²) in [5.74, 6) is 1.45. The quantitative estimate of drug-likeness (QED) is 0.643. The number of urea groups is 1. The van der Waals surface area contributed by atoms with Gasteiger partial charge in [-0.05, 0) is 54.6 Å². The van der Waals surface area contributed by atoms with Gasteiger partial charge in [0.2, 0.25) is 0 Å². The van der Waals surface area contributed by atoms with E-state index in [-0.39, 0.29) is 24.7 Å². The Labute approximate surface area is 168 Å². The van der Waals surface area contributed by atoms with Gasteiger partial charge in [-0.25, -0.2) is 9.48 Å². The van der Waals surface area contributed by atoms with Gasteiger partial charge < -0.3 is 20.1 Å². The Balaban J connectivity index is 1.58. The van der Waals surface area contributed by atoms with E-state index in [0.29, 0.717) is 17.1 Å². The van der Waals surface area contributed by atoms with E-state index >= 15 is 0 Å². The lowest BCUT2D eigenvalue weighted by molar-refractivity contribution is 0.251. The van der Waals surface area contributed by atoms with Crippen molar-refractivity contribution in [3.05, 3.63) is 71.0 Å². The van der Waals surface area contributed by atoms with E-state index in [2.05, 4.69) is 15.7 Å². The summed E-state index contributed by atoms with van der Waals surface area (Å²) in [7, 11) is 3.18. The number of anilines is 1. The maximum absolute atomic E-state index is 12.1. The number of hydrogen-bond donors (Lipinski definition) is 2. The van der Waals surface area contributed by atoms with E-state index in [1.54, 1.807) is 44.6 Å². The molecule has 3 rings (SSSR count). The van der Waals surface area contributed by atoms with Crippen LogP contribution in [0.1, 0.15) is 0 Å². The van der Waals surface area contributed by atoms with Crippen LogP contribution in [0, 0.1) is 0 Å².